The van der Waals surface area contributed by atoms with Crippen molar-refractivity contribution in [3.63, 3.8) is 0 Å². The van der Waals surface area contributed by atoms with Crippen LogP contribution >= 0.6 is 0 Å². The SMILES string of the molecule is COC1=C(N)OC2=C(C(=O)CC(C)(C)C2)C1c1ccc([N+](=O)[O-])cc1. The Kier molecular flexibility index (Phi) is 4.02. The van der Waals surface area contributed by atoms with E-state index in [1.807, 2.05) is 13.8 Å². The number of nitrogens with two attached hydrogens (primary N) is 1. The number of rotatable bonds is 3. The van der Waals surface area contributed by atoms with Crippen LogP contribution in [0.2, 0.25) is 0 Å². The maximum absolute atomic E-state index is 12.8. The van der Waals surface area contributed by atoms with Crippen molar-refractivity contribution in [1.82, 2.24) is 0 Å². The predicted molar refractivity (Wildman–Crippen MR) is 90.2 cm³/mol. The van der Waals surface area contributed by atoms with Crippen LogP contribution in [0.15, 0.2) is 47.2 Å². The van der Waals surface area contributed by atoms with E-state index in [-0.39, 0.29) is 22.8 Å². The van der Waals surface area contributed by atoms with Crippen molar-refractivity contribution in [2.24, 2.45) is 11.1 Å². The number of carbonyl (C=O) groups is 1. The van der Waals surface area contributed by atoms with Gasteiger partial charge in [0.1, 0.15) is 5.76 Å². The Morgan fingerprint density at radius 2 is 1.92 bits per heavy atom. The molecule has 1 aliphatic heterocycles. The van der Waals surface area contributed by atoms with Gasteiger partial charge < -0.3 is 15.2 Å². The first-order chi connectivity index (χ1) is 11.7. The minimum Gasteiger partial charge on any atom is -0.495 e. The van der Waals surface area contributed by atoms with Crippen LogP contribution in [0.3, 0.4) is 0 Å². The molecule has 2 aliphatic rings. The maximum Gasteiger partial charge on any atom is 0.269 e. The third-order valence-corrected chi connectivity index (χ3v) is 4.56. The van der Waals surface area contributed by atoms with Crippen LogP contribution in [-0.4, -0.2) is 17.8 Å². The normalized spacial score (nSPS) is 22.4. The van der Waals surface area contributed by atoms with Crippen LogP contribution in [0.1, 0.15) is 38.2 Å². The van der Waals surface area contributed by atoms with Gasteiger partial charge in [-0.15, -0.1) is 0 Å². The van der Waals surface area contributed by atoms with Gasteiger partial charge in [-0.25, -0.2) is 0 Å². The van der Waals surface area contributed by atoms with Gasteiger partial charge in [0.15, 0.2) is 11.5 Å². The zero-order chi connectivity index (χ0) is 18.4. The first-order valence-electron chi connectivity index (χ1n) is 7.95. The van der Waals surface area contributed by atoms with Gasteiger partial charge in [0.2, 0.25) is 5.88 Å². The minimum absolute atomic E-state index is 0.0166. The van der Waals surface area contributed by atoms with E-state index in [1.54, 1.807) is 12.1 Å². The van der Waals surface area contributed by atoms with Crippen LogP contribution in [0, 0.1) is 15.5 Å². The highest BCUT2D eigenvalue weighted by atomic mass is 16.6. The topological polar surface area (TPSA) is 105 Å². The van der Waals surface area contributed by atoms with Crippen LogP contribution in [-0.2, 0) is 14.3 Å². The Bertz CT molecular complexity index is 805. The number of carbonyl (C=O) groups excluding carboxylic acids is 1. The summed E-state index contributed by atoms with van der Waals surface area (Å²) in [7, 11) is 1.47. The standard InChI is InChI=1S/C18H20N2O5/c1-18(2)8-12(21)15-13(9-18)25-17(19)16(24-3)14(15)10-4-6-11(7-5-10)20(22)23/h4-7,14H,8-9,19H2,1-3H3. The molecule has 2 N–H and O–H groups in total. The summed E-state index contributed by atoms with van der Waals surface area (Å²) < 4.78 is 11.1. The van der Waals surface area contributed by atoms with Gasteiger partial charge in [-0.3, -0.25) is 14.9 Å². The lowest BCUT2D eigenvalue weighted by atomic mass is 9.71. The van der Waals surface area contributed by atoms with Gasteiger partial charge in [-0.2, -0.15) is 0 Å². The molecule has 1 aromatic rings. The fourth-order valence-corrected chi connectivity index (χ4v) is 3.47. The van der Waals surface area contributed by atoms with Gasteiger partial charge in [-0.1, -0.05) is 26.0 Å². The number of nitrogens with zero attached hydrogens (tertiary/aromatic N) is 1. The van der Waals surface area contributed by atoms with Crippen molar-refractivity contribution in [1.29, 1.82) is 0 Å². The molecule has 0 amide bonds. The number of nitro groups is 1. The molecule has 0 saturated carbocycles. The van der Waals surface area contributed by atoms with E-state index < -0.39 is 10.8 Å². The molecule has 7 heteroatoms. The molecule has 0 spiro atoms. The summed E-state index contributed by atoms with van der Waals surface area (Å²) in [5.74, 6) is 0.494. The number of ketones is 1. The molecule has 25 heavy (non-hydrogen) atoms. The van der Waals surface area contributed by atoms with Gasteiger partial charge >= 0.3 is 0 Å². The highest BCUT2D eigenvalue weighted by Gasteiger charge is 2.43. The molecule has 1 atom stereocenters. The largest absolute Gasteiger partial charge is 0.495 e. The minimum atomic E-state index is -0.516. The van der Waals surface area contributed by atoms with Gasteiger partial charge in [0, 0.05) is 30.5 Å². The van der Waals surface area contributed by atoms with Crippen molar-refractivity contribution in [3.8, 4) is 0 Å². The van der Waals surface area contributed by atoms with Crippen molar-refractivity contribution >= 4 is 11.5 Å². The number of benzene rings is 1. The second kappa shape index (κ2) is 5.91. The van der Waals surface area contributed by atoms with Crippen LogP contribution in [0.4, 0.5) is 5.69 Å². The summed E-state index contributed by atoms with van der Waals surface area (Å²) in [6.45, 7) is 4.01. The molecule has 1 aromatic carbocycles. The number of methoxy groups -OCH3 is 1. The first-order valence-corrected chi connectivity index (χ1v) is 7.95. The highest BCUT2D eigenvalue weighted by Crippen LogP contribution is 2.48. The molecule has 132 valence electrons. The summed E-state index contributed by atoms with van der Waals surface area (Å²) in [4.78, 5) is 23.2. The van der Waals surface area contributed by atoms with Crippen molar-refractivity contribution in [2.45, 2.75) is 32.6 Å². The summed E-state index contributed by atoms with van der Waals surface area (Å²) in [5.41, 5.74) is 7.02. The zero-order valence-electron chi connectivity index (χ0n) is 14.4. The number of hydrogen-bond donors (Lipinski definition) is 1. The summed E-state index contributed by atoms with van der Waals surface area (Å²) in [6.07, 6.45) is 0.991. The van der Waals surface area contributed by atoms with Gasteiger partial charge in [0.05, 0.1) is 18.0 Å². The number of nitro benzene ring substituents is 1. The molecule has 0 fully saturated rings. The van der Waals surface area contributed by atoms with Gasteiger partial charge in [-0.05, 0) is 11.0 Å². The molecular formula is C18H20N2O5. The van der Waals surface area contributed by atoms with Gasteiger partial charge in [0.25, 0.3) is 5.69 Å². The number of non-ortho nitro benzene ring substituents is 1. The molecule has 1 heterocycles. The van der Waals surface area contributed by atoms with E-state index in [1.165, 1.54) is 19.2 Å². The predicted octanol–water partition coefficient (Wildman–Crippen LogP) is 3.13. The third kappa shape index (κ3) is 2.97. The molecular weight excluding hydrogens is 324 g/mol. The Morgan fingerprint density at radius 3 is 2.48 bits per heavy atom. The van der Waals surface area contributed by atoms with Crippen molar-refractivity contribution in [3.05, 3.63) is 62.9 Å². The lowest BCUT2D eigenvalue weighted by molar-refractivity contribution is -0.384. The zero-order valence-corrected chi connectivity index (χ0v) is 14.4. The Labute approximate surface area is 145 Å². The second-order valence-electron chi connectivity index (χ2n) is 7.09. The van der Waals surface area contributed by atoms with E-state index in [4.69, 9.17) is 15.2 Å². The van der Waals surface area contributed by atoms with Crippen molar-refractivity contribution < 1.29 is 19.2 Å². The second-order valence-corrected chi connectivity index (χ2v) is 7.09. The average Bonchev–Trinajstić information content (AvgIpc) is 2.52. The Morgan fingerprint density at radius 1 is 1.28 bits per heavy atom. The third-order valence-electron chi connectivity index (χ3n) is 4.56. The lowest BCUT2D eigenvalue weighted by Crippen LogP contribution is -2.34. The number of hydrogen-bond acceptors (Lipinski definition) is 6. The molecule has 0 bridgehead atoms. The van der Waals surface area contributed by atoms with Crippen LogP contribution < -0.4 is 5.73 Å². The molecule has 0 aromatic heterocycles. The molecule has 1 unspecified atom stereocenters. The van der Waals surface area contributed by atoms with E-state index in [0.717, 1.165) is 0 Å². The average molecular weight is 344 g/mol. The van der Waals surface area contributed by atoms with Crippen molar-refractivity contribution in [2.75, 3.05) is 7.11 Å². The fourth-order valence-electron chi connectivity index (χ4n) is 3.47. The summed E-state index contributed by atoms with van der Waals surface area (Å²) in [5, 5.41) is 10.9. The smallest absolute Gasteiger partial charge is 0.269 e. The summed E-state index contributed by atoms with van der Waals surface area (Å²) in [6, 6.07) is 6.06. The number of Topliss-reactive ketones (excluding diaryl/α,β-unsaturated/α-hetero) is 1. The van der Waals surface area contributed by atoms with Crippen LogP contribution in [0.25, 0.3) is 0 Å². The first kappa shape index (κ1) is 17.0. The molecule has 7 nitrogen and oxygen atoms in total. The van der Waals surface area contributed by atoms with E-state index in [0.29, 0.717) is 35.5 Å². The molecule has 1 aliphatic carbocycles. The highest BCUT2D eigenvalue weighted by molar-refractivity contribution is 5.99. The molecule has 0 radical (unpaired) electrons. The quantitative estimate of drug-likeness (QED) is 0.667. The van der Waals surface area contributed by atoms with Crippen LogP contribution in [0.5, 0.6) is 0 Å². The molecule has 0 saturated heterocycles. The maximum atomic E-state index is 12.8. The monoisotopic (exact) mass is 344 g/mol. The fraction of sp³-hybridized carbons (Fsp3) is 0.389. The Hall–Kier alpha value is -2.83. The van der Waals surface area contributed by atoms with E-state index in [2.05, 4.69) is 0 Å². The Balaban J connectivity index is 2.12. The lowest BCUT2D eigenvalue weighted by Gasteiger charge is -2.37. The number of allylic oxidation sites excluding steroid dienone is 2. The summed E-state index contributed by atoms with van der Waals surface area (Å²) >= 11 is 0. The van der Waals surface area contributed by atoms with E-state index in [9.17, 15) is 14.9 Å². The number of ether oxygens (including phenoxy) is 2. The molecule has 3 rings (SSSR count). The van der Waals surface area contributed by atoms with E-state index >= 15 is 0 Å².